The minimum Gasteiger partial charge on any atom is -0.432 e. The third-order valence-corrected chi connectivity index (χ3v) is 6.27. The van der Waals surface area contributed by atoms with Crippen molar-refractivity contribution in [3.8, 4) is 11.5 Å². The van der Waals surface area contributed by atoms with Crippen LogP contribution in [0, 0.1) is 23.7 Å². The van der Waals surface area contributed by atoms with E-state index in [2.05, 4.69) is 23.8 Å². The normalized spacial score (nSPS) is 28.5. The van der Waals surface area contributed by atoms with E-state index in [0.29, 0.717) is 37.5 Å². The summed E-state index contributed by atoms with van der Waals surface area (Å²) < 4.78 is 74.2. The van der Waals surface area contributed by atoms with Crippen LogP contribution in [0.25, 0.3) is 0 Å². The maximum absolute atomic E-state index is 14.6. The highest BCUT2D eigenvalue weighted by atomic mass is 19.4. The largest absolute Gasteiger partial charge is 0.573 e. The Hall–Kier alpha value is -1.79. The molecule has 2 nitrogen and oxygen atoms in total. The summed E-state index contributed by atoms with van der Waals surface area (Å²) in [4.78, 5) is 0. The number of rotatable bonds is 6. The maximum Gasteiger partial charge on any atom is 0.573 e. The topological polar surface area (TPSA) is 18.5 Å². The number of alkyl halides is 5. The lowest BCUT2D eigenvalue weighted by Crippen LogP contribution is -2.37. The van der Waals surface area contributed by atoms with Gasteiger partial charge in [-0.25, -0.2) is 0 Å². The van der Waals surface area contributed by atoms with Crippen LogP contribution < -0.4 is 9.47 Å². The molecule has 2 aliphatic rings. The van der Waals surface area contributed by atoms with Crippen LogP contribution in [-0.4, -0.2) is 12.5 Å². The van der Waals surface area contributed by atoms with Crippen LogP contribution in [-0.2, 0) is 0 Å². The number of hydrogen-bond donors (Lipinski definition) is 0. The molecule has 0 radical (unpaired) electrons. The molecule has 2 saturated carbocycles. The first kappa shape index (κ1) is 22.9. The summed E-state index contributed by atoms with van der Waals surface area (Å²) in [5.41, 5.74) is 0. The van der Waals surface area contributed by atoms with Crippen molar-refractivity contribution in [3.63, 3.8) is 0 Å². The lowest BCUT2D eigenvalue weighted by Gasteiger charge is -2.32. The van der Waals surface area contributed by atoms with E-state index in [1.807, 2.05) is 0 Å². The van der Waals surface area contributed by atoms with Gasteiger partial charge in [-0.2, -0.15) is 8.78 Å². The molecule has 0 aliphatic heterocycles. The molecule has 0 aromatic heterocycles. The number of allylic oxidation sites excluding steroid dienone is 2. The Morgan fingerprint density at radius 1 is 0.700 bits per heavy atom. The van der Waals surface area contributed by atoms with Gasteiger partial charge in [0.2, 0.25) is 0 Å². The summed E-state index contributed by atoms with van der Waals surface area (Å²) in [6.45, 7) is 2.29. The quantitative estimate of drug-likeness (QED) is 0.338. The molecule has 0 atom stereocenters. The van der Waals surface area contributed by atoms with Gasteiger partial charge in [0, 0.05) is 0 Å². The van der Waals surface area contributed by atoms with Gasteiger partial charge >= 0.3 is 12.5 Å². The van der Waals surface area contributed by atoms with E-state index < -0.39 is 24.1 Å². The van der Waals surface area contributed by atoms with Crippen molar-refractivity contribution in [1.82, 2.24) is 0 Å². The third-order valence-electron chi connectivity index (χ3n) is 6.27. The summed E-state index contributed by atoms with van der Waals surface area (Å²) in [6, 6.07) is 4.06. The zero-order valence-corrected chi connectivity index (χ0v) is 17.1. The summed E-state index contributed by atoms with van der Waals surface area (Å²) in [7, 11) is 0. The Balaban J connectivity index is 1.47. The highest BCUT2D eigenvalue weighted by Gasteiger charge is 2.43. The maximum atomic E-state index is 14.6. The summed E-state index contributed by atoms with van der Waals surface area (Å²) >= 11 is 0. The smallest absolute Gasteiger partial charge is 0.432 e. The Morgan fingerprint density at radius 2 is 1.13 bits per heavy atom. The predicted octanol–water partition coefficient (Wildman–Crippen LogP) is 7.75. The molecule has 0 amide bonds. The fraction of sp³-hybridized carbons (Fsp3) is 0.652. The molecule has 0 saturated heterocycles. The van der Waals surface area contributed by atoms with Crippen LogP contribution in [0.15, 0.2) is 36.4 Å². The van der Waals surface area contributed by atoms with Crippen molar-refractivity contribution in [2.75, 3.05) is 0 Å². The zero-order chi connectivity index (χ0) is 21.8. The van der Waals surface area contributed by atoms with Gasteiger partial charge in [0.15, 0.2) is 0 Å². The molecule has 30 heavy (non-hydrogen) atoms. The number of halogens is 5. The van der Waals surface area contributed by atoms with Crippen molar-refractivity contribution in [3.05, 3.63) is 36.4 Å². The van der Waals surface area contributed by atoms with E-state index >= 15 is 0 Å². The molecular formula is C23H29F5O2. The van der Waals surface area contributed by atoms with Gasteiger partial charge in [0.05, 0.1) is 5.92 Å². The standard InChI is InChI=1S/C23H29F5O2/c1-16-2-4-17(5-3-16)6-7-18-8-10-19(11-9-18)22(24,25)29-20-12-14-21(15-13-20)30-23(26,27)28/h6-7,12-19H,2-5,8-11H2,1H3/b7-6+. The zero-order valence-electron chi connectivity index (χ0n) is 17.1. The van der Waals surface area contributed by atoms with Crippen LogP contribution in [0.3, 0.4) is 0 Å². The van der Waals surface area contributed by atoms with Gasteiger partial charge in [-0.1, -0.05) is 31.9 Å². The molecule has 168 valence electrons. The van der Waals surface area contributed by atoms with E-state index in [-0.39, 0.29) is 5.75 Å². The minimum absolute atomic E-state index is 0.178. The minimum atomic E-state index is -4.82. The Kier molecular flexibility index (Phi) is 7.30. The second kappa shape index (κ2) is 9.56. The predicted molar refractivity (Wildman–Crippen MR) is 104 cm³/mol. The van der Waals surface area contributed by atoms with Crippen LogP contribution in [0.4, 0.5) is 22.0 Å². The Bertz CT molecular complexity index is 683. The second-order valence-electron chi connectivity index (χ2n) is 8.70. The van der Waals surface area contributed by atoms with Crippen LogP contribution >= 0.6 is 0 Å². The SMILES string of the molecule is CC1CCC(/C=C/C2CCC(C(F)(F)Oc3ccc(OC(F)(F)F)cc3)CC2)CC1. The monoisotopic (exact) mass is 432 g/mol. The average Bonchev–Trinajstić information content (AvgIpc) is 2.68. The molecular weight excluding hydrogens is 403 g/mol. The van der Waals surface area contributed by atoms with Gasteiger partial charge in [0.25, 0.3) is 0 Å². The van der Waals surface area contributed by atoms with E-state index in [1.165, 1.54) is 25.7 Å². The van der Waals surface area contributed by atoms with Gasteiger partial charge in [-0.05, 0) is 80.5 Å². The summed E-state index contributed by atoms with van der Waals surface area (Å²) in [5, 5.41) is 0. The second-order valence-corrected chi connectivity index (χ2v) is 8.70. The van der Waals surface area contributed by atoms with Crippen LogP contribution in [0.2, 0.25) is 0 Å². The molecule has 1 aromatic carbocycles. The highest BCUT2D eigenvalue weighted by molar-refractivity contribution is 5.31. The lowest BCUT2D eigenvalue weighted by atomic mass is 9.79. The number of benzene rings is 1. The molecule has 2 aliphatic carbocycles. The molecule has 0 heterocycles. The first-order valence-corrected chi connectivity index (χ1v) is 10.7. The van der Waals surface area contributed by atoms with E-state index in [4.69, 9.17) is 4.74 Å². The Labute approximate surface area is 174 Å². The van der Waals surface area contributed by atoms with Crippen LogP contribution in [0.1, 0.15) is 58.3 Å². The molecule has 1 aromatic rings. The molecule has 0 unspecified atom stereocenters. The molecule has 0 bridgehead atoms. The van der Waals surface area contributed by atoms with Gasteiger partial charge in [0.1, 0.15) is 11.5 Å². The average molecular weight is 432 g/mol. The highest BCUT2D eigenvalue weighted by Crippen LogP contribution is 2.41. The number of ether oxygens (including phenoxy) is 2. The number of hydrogen-bond acceptors (Lipinski definition) is 2. The van der Waals surface area contributed by atoms with E-state index in [0.717, 1.165) is 30.2 Å². The van der Waals surface area contributed by atoms with Crippen molar-refractivity contribution in [1.29, 1.82) is 0 Å². The molecule has 0 N–H and O–H groups in total. The van der Waals surface area contributed by atoms with E-state index in [1.54, 1.807) is 0 Å². The molecule has 7 heteroatoms. The van der Waals surface area contributed by atoms with Gasteiger partial charge in [-0.15, -0.1) is 13.2 Å². The fourth-order valence-corrected chi connectivity index (χ4v) is 4.39. The first-order valence-electron chi connectivity index (χ1n) is 10.7. The Morgan fingerprint density at radius 3 is 1.60 bits per heavy atom. The molecule has 0 spiro atoms. The molecule has 2 fully saturated rings. The molecule has 3 rings (SSSR count). The van der Waals surface area contributed by atoms with Gasteiger partial charge in [-0.3, -0.25) is 0 Å². The van der Waals surface area contributed by atoms with E-state index in [9.17, 15) is 22.0 Å². The first-order chi connectivity index (χ1) is 14.1. The third kappa shape index (κ3) is 6.88. The lowest BCUT2D eigenvalue weighted by molar-refractivity contribution is -0.274. The van der Waals surface area contributed by atoms with Crippen LogP contribution in [0.5, 0.6) is 11.5 Å². The fourth-order valence-electron chi connectivity index (χ4n) is 4.39. The van der Waals surface area contributed by atoms with Gasteiger partial charge < -0.3 is 9.47 Å². The van der Waals surface area contributed by atoms with Crippen molar-refractivity contribution in [2.45, 2.75) is 70.8 Å². The summed E-state index contributed by atoms with van der Waals surface area (Å²) in [6.07, 6.45) is 3.38. The van der Waals surface area contributed by atoms with Crippen molar-refractivity contribution >= 4 is 0 Å². The summed E-state index contributed by atoms with van der Waals surface area (Å²) in [5.74, 6) is 0.202. The van der Waals surface area contributed by atoms with Crippen molar-refractivity contribution < 1.29 is 31.4 Å². The van der Waals surface area contributed by atoms with Crippen molar-refractivity contribution in [2.24, 2.45) is 23.7 Å².